The first-order chi connectivity index (χ1) is 12.2. The Labute approximate surface area is 150 Å². The molecular weight excluding hydrogens is 308 g/mol. The summed E-state index contributed by atoms with van der Waals surface area (Å²) in [5.74, 6) is 0.662. The van der Waals surface area contributed by atoms with Crippen molar-refractivity contribution >= 4 is 5.91 Å². The largest absolute Gasteiger partial charge is 0.340 e. The Morgan fingerprint density at radius 1 is 0.880 bits per heavy atom. The van der Waals surface area contributed by atoms with Gasteiger partial charge in [0.05, 0.1) is 5.92 Å². The maximum atomic E-state index is 13.6. The van der Waals surface area contributed by atoms with Gasteiger partial charge in [0.2, 0.25) is 5.91 Å². The van der Waals surface area contributed by atoms with Gasteiger partial charge in [0.15, 0.2) is 0 Å². The van der Waals surface area contributed by atoms with Crippen LogP contribution in [0.4, 0.5) is 0 Å². The summed E-state index contributed by atoms with van der Waals surface area (Å²) >= 11 is 0. The molecule has 3 heterocycles. The molecule has 2 bridgehead atoms. The predicted octanol–water partition coefficient (Wildman–Crippen LogP) is 3.37. The van der Waals surface area contributed by atoms with Crippen molar-refractivity contribution in [2.45, 2.75) is 24.8 Å². The molecule has 3 fully saturated rings. The van der Waals surface area contributed by atoms with Crippen LogP contribution in [0, 0.1) is 5.92 Å². The lowest BCUT2D eigenvalue weighted by Gasteiger charge is -2.32. The molecule has 130 valence electrons. The van der Waals surface area contributed by atoms with Crippen LogP contribution in [-0.4, -0.2) is 48.4 Å². The fourth-order valence-corrected chi connectivity index (χ4v) is 4.45. The number of fused-ring (bicyclic) bond motifs is 4. The van der Waals surface area contributed by atoms with Gasteiger partial charge in [-0.25, -0.2) is 0 Å². The van der Waals surface area contributed by atoms with E-state index in [1.165, 1.54) is 12.8 Å². The van der Waals surface area contributed by atoms with E-state index in [1.807, 2.05) is 36.4 Å². The molecule has 2 aromatic rings. The standard InChI is InChI=1S/C22H26N2O/c1-23-14-17-12-13-20(23)16-24(15-17)22(25)21(18-8-4-2-5-9-18)19-10-6-3-7-11-19/h2-11,17,20-21H,12-16H2,1H3. The Morgan fingerprint density at radius 3 is 2.04 bits per heavy atom. The number of nitrogens with zero attached hydrogens (tertiary/aromatic N) is 2. The molecule has 25 heavy (non-hydrogen) atoms. The lowest BCUT2D eigenvalue weighted by molar-refractivity contribution is -0.132. The van der Waals surface area contributed by atoms with Crippen LogP contribution in [0.25, 0.3) is 0 Å². The van der Waals surface area contributed by atoms with Gasteiger partial charge in [0.1, 0.15) is 0 Å². The molecule has 0 aromatic heterocycles. The van der Waals surface area contributed by atoms with Crippen molar-refractivity contribution in [1.29, 1.82) is 0 Å². The summed E-state index contributed by atoms with van der Waals surface area (Å²) < 4.78 is 0. The number of piperidine rings is 1. The average Bonchev–Trinajstić information content (AvgIpc) is 2.95. The van der Waals surface area contributed by atoms with Crippen LogP contribution in [0.1, 0.15) is 29.9 Å². The highest BCUT2D eigenvalue weighted by Gasteiger charge is 2.37. The normalized spacial score (nSPS) is 23.7. The van der Waals surface area contributed by atoms with E-state index in [2.05, 4.69) is 41.1 Å². The van der Waals surface area contributed by atoms with E-state index in [0.29, 0.717) is 12.0 Å². The first kappa shape index (κ1) is 16.3. The first-order valence-electron chi connectivity index (χ1n) is 9.31. The molecule has 0 spiro atoms. The smallest absolute Gasteiger partial charge is 0.234 e. The molecule has 1 amide bonds. The number of benzene rings is 2. The van der Waals surface area contributed by atoms with Crippen molar-refractivity contribution in [3.05, 3.63) is 71.8 Å². The second-order valence-corrected chi connectivity index (χ2v) is 7.53. The second kappa shape index (κ2) is 7.01. The van der Waals surface area contributed by atoms with Gasteiger partial charge in [-0.3, -0.25) is 4.79 Å². The minimum Gasteiger partial charge on any atom is -0.340 e. The van der Waals surface area contributed by atoms with Crippen LogP contribution >= 0.6 is 0 Å². The molecule has 5 rings (SSSR count). The number of hydrogen-bond acceptors (Lipinski definition) is 2. The molecule has 0 radical (unpaired) electrons. The van der Waals surface area contributed by atoms with Crippen molar-refractivity contribution in [3.63, 3.8) is 0 Å². The van der Waals surface area contributed by atoms with Gasteiger partial charge in [-0.15, -0.1) is 0 Å². The van der Waals surface area contributed by atoms with E-state index >= 15 is 0 Å². The van der Waals surface area contributed by atoms with Gasteiger partial charge in [-0.1, -0.05) is 60.7 Å². The Kier molecular flexibility index (Phi) is 4.58. The number of hydrogen-bond donors (Lipinski definition) is 0. The van der Waals surface area contributed by atoms with Gasteiger partial charge < -0.3 is 9.80 Å². The number of carbonyl (C=O) groups excluding carboxylic acids is 1. The van der Waals surface area contributed by atoms with Crippen LogP contribution in [0.15, 0.2) is 60.7 Å². The van der Waals surface area contributed by atoms with Gasteiger partial charge >= 0.3 is 0 Å². The van der Waals surface area contributed by atoms with Gasteiger partial charge in [-0.2, -0.15) is 0 Å². The van der Waals surface area contributed by atoms with Crippen LogP contribution in [0.2, 0.25) is 0 Å². The van der Waals surface area contributed by atoms with Crippen LogP contribution in [-0.2, 0) is 4.79 Å². The second-order valence-electron chi connectivity index (χ2n) is 7.53. The summed E-state index contributed by atoms with van der Waals surface area (Å²) in [7, 11) is 2.21. The van der Waals surface area contributed by atoms with Gasteiger partial charge in [0, 0.05) is 25.7 Å². The molecule has 3 heteroatoms. The lowest BCUT2D eigenvalue weighted by Crippen LogP contribution is -2.43. The fourth-order valence-electron chi connectivity index (χ4n) is 4.45. The van der Waals surface area contributed by atoms with Gasteiger partial charge in [-0.05, 0) is 36.9 Å². The maximum Gasteiger partial charge on any atom is 0.234 e. The molecule has 0 saturated carbocycles. The Hall–Kier alpha value is -2.13. The van der Waals surface area contributed by atoms with Crippen molar-refractivity contribution in [1.82, 2.24) is 9.80 Å². The third-order valence-electron chi connectivity index (χ3n) is 5.81. The van der Waals surface area contributed by atoms with Crippen LogP contribution in [0.3, 0.4) is 0 Å². The summed E-state index contributed by atoms with van der Waals surface area (Å²) in [5, 5.41) is 0. The molecule has 3 saturated heterocycles. The zero-order valence-corrected chi connectivity index (χ0v) is 14.8. The molecule has 3 aliphatic rings. The fraction of sp³-hybridized carbons (Fsp3) is 0.409. The SMILES string of the molecule is CN1CC2CCC1CN(C(=O)C(c1ccccc1)c1ccccc1)C2. The predicted molar refractivity (Wildman–Crippen MR) is 100 cm³/mol. The van der Waals surface area contributed by atoms with E-state index in [-0.39, 0.29) is 11.8 Å². The number of amides is 1. The highest BCUT2D eigenvalue weighted by Crippen LogP contribution is 2.31. The first-order valence-corrected chi connectivity index (χ1v) is 9.31. The zero-order valence-electron chi connectivity index (χ0n) is 14.8. The topological polar surface area (TPSA) is 23.6 Å². The molecule has 3 nitrogen and oxygen atoms in total. The Bertz CT molecular complexity index is 676. The molecule has 2 unspecified atom stereocenters. The number of likely N-dealkylation sites (N-methyl/N-ethyl adjacent to an activating group) is 1. The third kappa shape index (κ3) is 3.34. The summed E-state index contributed by atoms with van der Waals surface area (Å²) in [6.07, 6.45) is 2.46. The molecule has 0 N–H and O–H groups in total. The third-order valence-corrected chi connectivity index (χ3v) is 5.81. The maximum absolute atomic E-state index is 13.6. The monoisotopic (exact) mass is 334 g/mol. The number of carbonyl (C=O) groups is 1. The summed E-state index contributed by atoms with van der Waals surface area (Å²) in [6.45, 7) is 2.88. The highest BCUT2D eigenvalue weighted by atomic mass is 16.2. The Balaban J connectivity index is 1.67. The zero-order chi connectivity index (χ0) is 17.2. The van der Waals surface area contributed by atoms with Gasteiger partial charge in [0.25, 0.3) is 0 Å². The average molecular weight is 334 g/mol. The van der Waals surface area contributed by atoms with E-state index in [9.17, 15) is 4.79 Å². The molecule has 3 aliphatic heterocycles. The summed E-state index contributed by atoms with van der Waals surface area (Å²) in [4.78, 5) is 18.2. The van der Waals surface area contributed by atoms with Crippen molar-refractivity contribution < 1.29 is 4.79 Å². The molecular formula is C22H26N2O. The number of rotatable bonds is 3. The molecule has 2 aromatic carbocycles. The van der Waals surface area contributed by atoms with Crippen molar-refractivity contribution in [3.8, 4) is 0 Å². The van der Waals surface area contributed by atoms with Crippen LogP contribution < -0.4 is 0 Å². The van der Waals surface area contributed by atoms with Crippen molar-refractivity contribution in [2.75, 3.05) is 26.7 Å². The summed E-state index contributed by atoms with van der Waals surface area (Å²) in [5.41, 5.74) is 2.17. The Morgan fingerprint density at radius 2 is 1.48 bits per heavy atom. The van der Waals surface area contributed by atoms with E-state index in [0.717, 1.165) is 30.8 Å². The van der Waals surface area contributed by atoms with E-state index in [1.54, 1.807) is 0 Å². The van der Waals surface area contributed by atoms with E-state index in [4.69, 9.17) is 0 Å². The van der Waals surface area contributed by atoms with E-state index < -0.39 is 0 Å². The minimum atomic E-state index is -0.204. The summed E-state index contributed by atoms with van der Waals surface area (Å²) in [6, 6.07) is 20.9. The van der Waals surface area contributed by atoms with Crippen molar-refractivity contribution in [2.24, 2.45) is 5.92 Å². The molecule has 0 aliphatic carbocycles. The van der Waals surface area contributed by atoms with Crippen LogP contribution in [0.5, 0.6) is 0 Å². The minimum absolute atomic E-state index is 0.204. The molecule has 2 atom stereocenters. The highest BCUT2D eigenvalue weighted by molar-refractivity contribution is 5.87. The lowest BCUT2D eigenvalue weighted by atomic mass is 9.90. The quantitative estimate of drug-likeness (QED) is 0.859.